The van der Waals surface area contributed by atoms with Crippen LogP contribution in [0.15, 0.2) is 29.2 Å². The summed E-state index contributed by atoms with van der Waals surface area (Å²) in [6.07, 6.45) is 3.12. The second-order valence-corrected chi connectivity index (χ2v) is 7.39. The first-order valence-electron chi connectivity index (χ1n) is 7.00. The van der Waals surface area contributed by atoms with Crippen molar-refractivity contribution >= 4 is 21.7 Å². The van der Waals surface area contributed by atoms with E-state index in [1.165, 1.54) is 12.1 Å². The fraction of sp³-hybridized carbons (Fsp3) is 0.500. The summed E-state index contributed by atoms with van der Waals surface area (Å²) in [7, 11) is -3.72. The number of nitrogens with two attached hydrogens (primary N) is 1. The minimum Gasteiger partial charge on any atom is -0.480 e. The molecular formula is C14H18N2O4S. The maximum Gasteiger partial charge on any atom is 0.326 e. The third kappa shape index (κ3) is 2.51. The molecular weight excluding hydrogens is 292 g/mol. The lowest BCUT2D eigenvalue weighted by Gasteiger charge is -2.26. The standard InChI is InChI=1S/C14H18N2O4S/c15-21(19,20)11-6-4-10(5-7-11)16-8-9-2-1-3-12(9)13(16)14(17)18/h4-7,9,12-13H,1-3,8H2,(H,17,18)(H2,15,19,20). The van der Waals surface area contributed by atoms with Crippen molar-refractivity contribution in [3.05, 3.63) is 24.3 Å². The second kappa shape index (κ2) is 4.99. The highest BCUT2D eigenvalue weighted by molar-refractivity contribution is 7.89. The number of aliphatic carboxylic acids is 1. The smallest absolute Gasteiger partial charge is 0.326 e. The first-order chi connectivity index (χ1) is 9.88. The molecule has 114 valence electrons. The topological polar surface area (TPSA) is 101 Å². The zero-order valence-corrected chi connectivity index (χ0v) is 12.3. The SMILES string of the molecule is NS(=O)(=O)c1ccc(N2CC3CCCC3C2C(=O)O)cc1. The van der Waals surface area contributed by atoms with Crippen LogP contribution in [-0.2, 0) is 14.8 Å². The Morgan fingerprint density at radius 3 is 2.48 bits per heavy atom. The molecule has 1 aromatic carbocycles. The highest BCUT2D eigenvalue weighted by Crippen LogP contribution is 2.44. The molecule has 3 atom stereocenters. The van der Waals surface area contributed by atoms with Gasteiger partial charge in [-0.15, -0.1) is 0 Å². The number of carboxylic acids is 1. The number of benzene rings is 1. The van der Waals surface area contributed by atoms with Crippen molar-refractivity contribution in [3.63, 3.8) is 0 Å². The molecule has 0 aromatic heterocycles. The third-order valence-corrected chi connectivity index (χ3v) is 5.57. The Morgan fingerprint density at radius 1 is 1.24 bits per heavy atom. The third-order valence-electron chi connectivity index (χ3n) is 4.64. The molecule has 0 spiro atoms. The zero-order valence-electron chi connectivity index (χ0n) is 11.5. The van der Waals surface area contributed by atoms with Gasteiger partial charge in [-0.3, -0.25) is 0 Å². The van der Waals surface area contributed by atoms with Crippen molar-refractivity contribution in [1.29, 1.82) is 0 Å². The van der Waals surface area contributed by atoms with Crippen LogP contribution in [0.25, 0.3) is 0 Å². The minimum absolute atomic E-state index is 0.0394. The summed E-state index contributed by atoms with van der Waals surface area (Å²) in [5.74, 6) is -0.190. The van der Waals surface area contributed by atoms with Crippen LogP contribution in [0.2, 0.25) is 0 Å². The van der Waals surface area contributed by atoms with Crippen molar-refractivity contribution < 1.29 is 18.3 Å². The molecule has 7 heteroatoms. The van der Waals surface area contributed by atoms with Gasteiger partial charge < -0.3 is 10.0 Å². The molecule has 3 unspecified atom stereocenters. The van der Waals surface area contributed by atoms with Crippen molar-refractivity contribution in [2.75, 3.05) is 11.4 Å². The van der Waals surface area contributed by atoms with Crippen LogP contribution >= 0.6 is 0 Å². The van der Waals surface area contributed by atoms with Gasteiger partial charge >= 0.3 is 5.97 Å². The van der Waals surface area contributed by atoms with Crippen molar-refractivity contribution in [2.45, 2.75) is 30.2 Å². The van der Waals surface area contributed by atoms with Gasteiger partial charge in [0.2, 0.25) is 10.0 Å². The molecule has 0 amide bonds. The van der Waals surface area contributed by atoms with Gasteiger partial charge in [-0.05, 0) is 48.9 Å². The van der Waals surface area contributed by atoms with Gasteiger partial charge in [0.1, 0.15) is 6.04 Å². The summed E-state index contributed by atoms with van der Waals surface area (Å²) in [5, 5.41) is 14.6. The van der Waals surface area contributed by atoms with E-state index in [0.29, 0.717) is 5.92 Å². The van der Waals surface area contributed by atoms with Crippen LogP contribution in [0, 0.1) is 11.8 Å². The lowest BCUT2D eigenvalue weighted by Crippen LogP contribution is -2.39. The molecule has 3 rings (SSSR count). The summed E-state index contributed by atoms with van der Waals surface area (Å²) < 4.78 is 22.5. The predicted molar refractivity (Wildman–Crippen MR) is 77.4 cm³/mol. The van der Waals surface area contributed by atoms with Crippen molar-refractivity contribution in [3.8, 4) is 0 Å². The van der Waals surface area contributed by atoms with Gasteiger partial charge in [0.15, 0.2) is 0 Å². The molecule has 1 aromatic rings. The maximum atomic E-state index is 11.6. The van der Waals surface area contributed by atoms with E-state index in [2.05, 4.69) is 0 Å². The van der Waals surface area contributed by atoms with E-state index in [4.69, 9.17) is 5.14 Å². The Labute approximate surface area is 123 Å². The van der Waals surface area contributed by atoms with Crippen LogP contribution in [0.5, 0.6) is 0 Å². The van der Waals surface area contributed by atoms with Gasteiger partial charge in [0.05, 0.1) is 4.90 Å². The predicted octanol–water partition coefficient (Wildman–Crippen LogP) is 1.02. The first-order valence-corrected chi connectivity index (χ1v) is 8.55. The van der Waals surface area contributed by atoms with Gasteiger partial charge in [0.25, 0.3) is 0 Å². The number of hydrogen-bond donors (Lipinski definition) is 2. The average molecular weight is 310 g/mol. The largest absolute Gasteiger partial charge is 0.480 e. The van der Waals surface area contributed by atoms with Crippen LogP contribution in [0.4, 0.5) is 5.69 Å². The number of nitrogens with zero attached hydrogens (tertiary/aromatic N) is 1. The number of rotatable bonds is 3. The lowest BCUT2D eigenvalue weighted by atomic mass is 9.94. The summed E-state index contributed by atoms with van der Waals surface area (Å²) in [6, 6.07) is 5.61. The molecule has 2 aliphatic rings. The normalized spacial score (nSPS) is 28.6. The first kappa shape index (κ1) is 14.3. The van der Waals surface area contributed by atoms with Gasteiger partial charge in [0, 0.05) is 12.2 Å². The quantitative estimate of drug-likeness (QED) is 0.868. The van der Waals surface area contributed by atoms with E-state index in [-0.39, 0.29) is 10.8 Å². The Balaban J connectivity index is 1.91. The number of sulfonamides is 1. The van der Waals surface area contributed by atoms with Crippen molar-refractivity contribution in [2.24, 2.45) is 17.0 Å². The van der Waals surface area contributed by atoms with E-state index >= 15 is 0 Å². The maximum absolute atomic E-state index is 11.6. The fourth-order valence-corrected chi connectivity index (χ4v) is 4.23. The molecule has 1 aliphatic heterocycles. The van der Waals surface area contributed by atoms with E-state index in [1.54, 1.807) is 12.1 Å². The minimum atomic E-state index is -3.72. The van der Waals surface area contributed by atoms with Gasteiger partial charge in [-0.25, -0.2) is 18.4 Å². The van der Waals surface area contributed by atoms with Crippen LogP contribution < -0.4 is 10.0 Å². The summed E-state index contributed by atoms with van der Waals surface area (Å²) >= 11 is 0. The van der Waals surface area contributed by atoms with Gasteiger partial charge in [-0.2, -0.15) is 0 Å². The van der Waals surface area contributed by atoms with Crippen LogP contribution in [0.3, 0.4) is 0 Å². The lowest BCUT2D eigenvalue weighted by molar-refractivity contribution is -0.139. The second-order valence-electron chi connectivity index (χ2n) is 5.83. The van der Waals surface area contributed by atoms with E-state index in [0.717, 1.165) is 31.5 Å². The number of hydrogen-bond acceptors (Lipinski definition) is 4. The molecule has 0 radical (unpaired) electrons. The molecule has 21 heavy (non-hydrogen) atoms. The Morgan fingerprint density at radius 2 is 1.90 bits per heavy atom. The number of anilines is 1. The number of carboxylic acid groups (broad SMARTS) is 1. The molecule has 1 saturated heterocycles. The molecule has 3 N–H and O–H groups in total. The van der Waals surface area contributed by atoms with Crippen molar-refractivity contribution in [1.82, 2.24) is 0 Å². The highest BCUT2D eigenvalue weighted by Gasteiger charge is 2.47. The average Bonchev–Trinajstić information content (AvgIpc) is 2.96. The van der Waals surface area contributed by atoms with E-state index in [1.807, 2.05) is 4.90 Å². The van der Waals surface area contributed by atoms with E-state index < -0.39 is 22.0 Å². The number of fused-ring (bicyclic) bond motifs is 1. The van der Waals surface area contributed by atoms with Crippen LogP contribution in [-0.4, -0.2) is 32.1 Å². The van der Waals surface area contributed by atoms with Crippen LogP contribution in [0.1, 0.15) is 19.3 Å². The molecule has 1 aliphatic carbocycles. The Hall–Kier alpha value is -1.60. The fourth-order valence-electron chi connectivity index (χ4n) is 3.71. The molecule has 2 fully saturated rings. The summed E-state index contributed by atoms with van der Waals surface area (Å²) in [5.41, 5.74) is 0.740. The number of carbonyl (C=O) groups is 1. The van der Waals surface area contributed by atoms with E-state index in [9.17, 15) is 18.3 Å². The monoisotopic (exact) mass is 310 g/mol. The van der Waals surface area contributed by atoms with Gasteiger partial charge in [-0.1, -0.05) is 6.42 Å². The highest BCUT2D eigenvalue weighted by atomic mass is 32.2. The zero-order chi connectivity index (χ0) is 15.2. The molecule has 1 heterocycles. The molecule has 1 saturated carbocycles. The summed E-state index contributed by atoms with van der Waals surface area (Å²) in [4.78, 5) is 13.5. The Kier molecular flexibility index (Phi) is 3.41. The molecule has 6 nitrogen and oxygen atoms in total. The Bertz CT molecular complexity index is 656. The number of primary sulfonamides is 1. The molecule has 0 bridgehead atoms. The summed E-state index contributed by atoms with van der Waals surface area (Å²) in [6.45, 7) is 0.719.